The van der Waals surface area contributed by atoms with E-state index in [9.17, 15) is 8.42 Å². The average molecular weight is 317 g/mol. The van der Waals surface area contributed by atoms with Crippen molar-refractivity contribution in [3.8, 4) is 0 Å². The molecule has 0 aliphatic heterocycles. The van der Waals surface area contributed by atoms with E-state index in [1.165, 1.54) is 0 Å². The third-order valence-electron chi connectivity index (χ3n) is 3.28. The molecule has 3 N–H and O–H groups in total. The van der Waals surface area contributed by atoms with E-state index in [0.29, 0.717) is 23.6 Å². The number of nitrogens with two attached hydrogens (primary N) is 1. The molecule has 0 aromatic carbocycles. The lowest BCUT2D eigenvalue weighted by Crippen LogP contribution is -2.40. The summed E-state index contributed by atoms with van der Waals surface area (Å²) in [5.74, 6) is 0.939. The topological polar surface area (TPSA) is 88.6 Å². The second kappa shape index (κ2) is 6.48. The lowest BCUT2D eigenvalue weighted by Gasteiger charge is -2.28. The van der Waals surface area contributed by atoms with Crippen LogP contribution >= 0.6 is 0 Å². The Morgan fingerprint density at radius 2 is 1.81 bits per heavy atom. The van der Waals surface area contributed by atoms with Crippen LogP contribution in [0.5, 0.6) is 0 Å². The minimum atomic E-state index is -3.62. The van der Waals surface area contributed by atoms with Crippen LogP contribution in [0.25, 0.3) is 0 Å². The molecular formula is C14H27N3O3S. The first kappa shape index (κ1) is 18.2. The fourth-order valence-corrected chi connectivity index (χ4v) is 4.27. The van der Waals surface area contributed by atoms with Gasteiger partial charge in [0.25, 0.3) is 0 Å². The van der Waals surface area contributed by atoms with Gasteiger partial charge < -0.3 is 15.1 Å². The van der Waals surface area contributed by atoms with E-state index in [-0.39, 0.29) is 16.9 Å². The summed E-state index contributed by atoms with van der Waals surface area (Å²) in [7, 11) is 0.305. The predicted octanol–water partition coefficient (Wildman–Crippen LogP) is 1.22. The molecule has 1 heterocycles. The van der Waals surface area contributed by atoms with Gasteiger partial charge in [-0.3, -0.25) is 0 Å². The van der Waals surface area contributed by atoms with Crippen LogP contribution in [-0.4, -0.2) is 40.5 Å². The Hall–Kier alpha value is -0.890. The van der Waals surface area contributed by atoms with Crippen molar-refractivity contribution in [2.24, 2.45) is 11.1 Å². The van der Waals surface area contributed by atoms with E-state index in [1.54, 1.807) is 13.8 Å². The van der Waals surface area contributed by atoms with E-state index in [1.807, 2.05) is 32.8 Å². The summed E-state index contributed by atoms with van der Waals surface area (Å²) in [5.41, 5.74) is 6.02. The van der Waals surface area contributed by atoms with E-state index < -0.39 is 10.0 Å². The standard InChI is InChI=1S/C14H27N3O3S/c1-10-12(7-15)13(11(2)20-10)21(18,19)16-8-14(3,4)9-17(5)6/h16H,7-9,15H2,1-6H3. The summed E-state index contributed by atoms with van der Waals surface area (Å²) in [6.07, 6.45) is 0. The smallest absolute Gasteiger partial charge is 0.244 e. The SMILES string of the molecule is Cc1oc(C)c(S(=O)(=O)NCC(C)(C)CN(C)C)c1CN. The van der Waals surface area contributed by atoms with Crippen LogP contribution in [0.4, 0.5) is 0 Å². The molecule has 7 heteroatoms. The summed E-state index contributed by atoms with van der Waals surface area (Å²) >= 11 is 0. The van der Waals surface area contributed by atoms with Crippen LogP contribution < -0.4 is 10.5 Å². The van der Waals surface area contributed by atoms with Crippen LogP contribution in [0.2, 0.25) is 0 Å². The Balaban J connectivity index is 2.98. The quantitative estimate of drug-likeness (QED) is 0.789. The summed E-state index contributed by atoms with van der Waals surface area (Å²) in [6, 6.07) is 0. The Labute approximate surface area is 127 Å². The third kappa shape index (κ3) is 4.54. The number of furan rings is 1. The van der Waals surface area contributed by atoms with Gasteiger partial charge in [-0.2, -0.15) is 0 Å². The molecule has 0 unspecified atom stereocenters. The number of hydrogen-bond donors (Lipinski definition) is 2. The highest BCUT2D eigenvalue weighted by atomic mass is 32.2. The van der Waals surface area contributed by atoms with Crippen LogP contribution in [0.1, 0.15) is 30.9 Å². The number of sulfonamides is 1. The van der Waals surface area contributed by atoms with Gasteiger partial charge in [-0.05, 0) is 33.4 Å². The van der Waals surface area contributed by atoms with Crippen molar-refractivity contribution in [1.29, 1.82) is 0 Å². The third-order valence-corrected chi connectivity index (χ3v) is 4.88. The molecular weight excluding hydrogens is 290 g/mol. The summed E-state index contributed by atoms with van der Waals surface area (Å²) in [4.78, 5) is 2.22. The minimum Gasteiger partial charge on any atom is -0.465 e. The molecule has 0 aliphatic rings. The molecule has 0 saturated carbocycles. The van der Waals surface area contributed by atoms with Gasteiger partial charge in [0.05, 0.1) is 0 Å². The normalized spacial score (nSPS) is 13.1. The molecule has 6 nitrogen and oxygen atoms in total. The maximum atomic E-state index is 12.5. The molecule has 1 aromatic heterocycles. The number of nitrogens with zero attached hydrogens (tertiary/aromatic N) is 1. The monoisotopic (exact) mass is 317 g/mol. The van der Waals surface area contributed by atoms with Gasteiger partial charge in [0, 0.05) is 25.2 Å². The first-order valence-electron chi connectivity index (χ1n) is 6.93. The van der Waals surface area contributed by atoms with Crippen LogP contribution in [-0.2, 0) is 16.6 Å². The van der Waals surface area contributed by atoms with Crippen molar-refractivity contribution in [3.63, 3.8) is 0 Å². The highest BCUT2D eigenvalue weighted by Gasteiger charge is 2.28. The molecule has 0 aliphatic carbocycles. The molecule has 1 rings (SSSR count). The van der Waals surface area contributed by atoms with E-state index in [0.717, 1.165) is 6.54 Å². The number of rotatable bonds is 7. The molecule has 122 valence electrons. The zero-order chi connectivity index (χ0) is 16.4. The van der Waals surface area contributed by atoms with Gasteiger partial charge in [-0.25, -0.2) is 13.1 Å². The van der Waals surface area contributed by atoms with E-state index in [4.69, 9.17) is 10.2 Å². The van der Waals surface area contributed by atoms with Crippen LogP contribution in [0.3, 0.4) is 0 Å². The first-order chi connectivity index (χ1) is 9.50. The number of hydrogen-bond acceptors (Lipinski definition) is 5. The second-order valence-electron chi connectivity index (χ2n) is 6.45. The van der Waals surface area contributed by atoms with Crippen molar-refractivity contribution in [2.75, 3.05) is 27.2 Å². The molecule has 0 spiro atoms. The van der Waals surface area contributed by atoms with Gasteiger partial charge in [-0.15, -0.1) is 0 Å². The molecule has 0 fully saturated rings. The molecule has 0 amide bonds. The fourth-order valence-electron chi connectivity index (χ4n) is 2.57. The molecule has 0 radical (unpaired) electrons. The van der Waals surface area contributed by atoms with Crippen molar-refractivity contribution in [3.05, 3.63) is 17.1 Å². The van der Waals surface area contributed by atoms with Gasteiger partial charge >= 0.3 is 0 Å². The van der Waals surface area contributed by atoms with Gasteiger partial charge in [-0.1, -0.05) is 13.8 Å². The maximum absolute atomic E-state index is 12.5. The highest BCUT2D eigenvalue weighted by Crippen LogP contribution is 2.26. The Kier molecular flexibility index (Phi) is 5.60. The van der Waals surface area contributed by atoms with Crippen molar-refractivity contribution in [1.82, 2.24) is 9.62 Å². The average Bonchev–Trinajstić information content (AvgIpc) is 2.60. The zero-order valence-electron chi connectivity index (χ0n) is 13.8. The molecule has 0 bridgehead atoms. The summed E-state index contributed by atoms with van der Waals surface area (Å²) in [6.45, 7) is 8.68. The Bertz CT molecular complexity index is 589. The fraction of sp³-hybridized carbons (Fsp3) is 0.714. The lowest BCUT2D eigenvalue weighted by atomic mass is 9.93. The zero-order valence-corrected chi connectivity index (χ0v) is 14.6. The second-order valence-corrected chi connectivity index (χ2v) is 8.16. The molecule has 0 saturated heterocycles. The van der Waals surface area contributed by atoms with Gasteiger partial charge in [0.15, 0.2) is 0 Å². The first-order valence-corrected chi connectivity index (χ1v) is 8.42. The summed E-state index contributed by atoms with van der Waals surface area (Å²) < 4.78 is 33.2. The van der Waals surface area contributed by atoms with Crippen molar-refractivity contribution in [2.45, 2.75) is 39.1 Å². The van der Waals surface area contributed by atoms with Crippen molar-refractivity contribution >= 4 is 10.0 Å². The maximum Gasteiger partial charge on any atom is 0.244 e. The van der Waals surface area contributed by atoms with Gasteiger partial charge in [0.2, 0.25) is 10.0 Å². The highest BCUT2D eigenvalue weighted by molar-refractivity contribution is 7.89. The molecule has 1 aromatic rings. The predicted molar refractivity (Wildman–Crippen MR) is 83.6 cm³/mol. The van der Waals surface area contributed by atoms with Gasteiger partial charge in [0.1, 0.15) is 16.4 Å². The summed E-state index contributed by atoms with van der Waals surface area (Å²) in [5, 5.41) is 0. The Morgan fingerprint density at radius 1 is 1.24 bits per heavy atom. The van der Waals surface area contributed by atoms with E-state index >= 15 is 0 Å². The molecule has 21 heavy (non-hydrogen) atoms. The Morgan fingerprint density at radius 3 is 2.29 bits per heavy atom. The largest absolute Gasteiger partial charge is 0.465 e. The van der Waals surface area contributed by atoms with Crippen molar-refractivity contribution < 1.29 is 12.8 Å². The lowest BCUT2D eigenvalue weighted by molar-refractivity contribution is 0.242. The van der Waals surface area contributed by atoms with Crippen LogP contribution in [0, 0.1) is 19.3 Å². The van der Waals surface area contributed by atoms with E-state index in [2.05, 4.69) is 4.72 Å². The van der Waals surface area contributed by atoms with Crippen LogP contribution in [0.15, 0.2) is 9.31 Å². The number of nitrogens with one attached hydrogen (secondary N) is 1. The molecule has 0 atom stereocenters. The minimum absolute atomic E-state index is 0.139. The number of aryl methyl sites for hydroxylation is 2.